The first kappa shape index (κ1) is 18.6. The Morgan fingerprint density at radius 1 is 1.26 bits per heavy atom. The zero-order valence-electron chi connectivity index (χ0n) is 14.5. The van der Waals surface area contributed by atoms with Gasteiger partial charge in [-0.15, -0.1) is 0 Å². The quantitative estimate of drug-likeness (QED) is 0.840. The first-order valence-corrected chi connectivity index (χ1v) is 8.27. The zero-order chi connectivity index (χ0) is 19.6. The molecule has 0 spiro atoms. The van der Waals surface area contributed by atoms with Crippen LogP contribution in [0.4, 0.5) is 14.5 Å². The van der Waals surface area contributed by atoms with Crippen LogP contribution < -0.4 is 15.0 Å². The number of carbonyl (C=O) groups excluding carboxylic acids is 2. The van der Waals surface area contributed by atoms with Crippen LogP contribution in [0.2, 0.25) is 0 Å². The van der Waals surface area contributed by atoms with Gasteiger partial charge in [-0.1, -0.05) is 6.07 Å². The minimum Gasteiger partial charge on any atom is -0.504 e. The molecule has 0 aliphatic carbocycles. The van der Waals surface area contributed by atoms with E-state index in [1.807, 2.05) is 0 Å². The predicted molar refractivity (Wildman–Crippen MR) is 93.3 cm³/mol. The second kappa shape index (κ2) is 7.61. The molecule has 1 heterocycles. The summed E-state index contributed by atoms with van der Waals surface area (Å²) in [6.45, 7) is 0.237. The molecule has 2 amide bonds. The van der Waals surface area contributed by atoms with Crippen LogP contribution in [0.5, 0.6) is 11.5 Å². The monoisotopic (exact) mass is 376 g/mol. The van der Waals surface area contributed by atoms with Crippen LogP contribution >= 0.6 is 0 Å². The molecule has 27 heavy (non-hydrogen) atoms. The number of halogens is 2. The number of methoxy groups -OCH3 is 1. The molecule has 0 saturated carbocycles. The lowest BCUT2D eigenvalue weighted by Crippen LogP contribution is -2.32. The molecule has 1 aliphatic heterocycles. The maximum Gasteiger partial charge on any atom is 0.227 e. The Kier molecular flexibility index (Phi) is 5.25. The Morgan fingerprint density at radius 3 is 2.63 bits per heavy atom. The van der Waals surface area contributed by atoms with E-state index in [2.05, 4.69) is 5.32 Å². The number of nitrogens with zero attached hydrogens (tertiary/aromatic N) is 1. The topological polar surface area (TPSA) is 78.9 Å². The van der Waals surface area contributed by atoms with Gasteiger partial charge in [0.2, 0.25) is 11.8 Å². The molecular formula is C19H18F2N2O4. The maximum absolute atomic E-state index is 13.4. The smallest absolute Gasteiger partial charge is 0.227 e. The molecule has 3 rings (SSSR count). The van der Waals surface area contributed by atoms with Crippen molar-refractivity contribution in [2.24, 2.45) is 5.92 Å². The van der Waals surface area contributed by atoms with Gasteiger partial charge in [0.15, 0.2) is 11.5 Å². The highest BCUT2D eigenvalue weighted by Gasteiger charge is 2.35. The number of ether oxygens (including phenoxy) is 1. The standard InChI is InChI=1S/C19H18F2N2O4/c1-27-17-4-11(2-3-16(17)24)9-22-19(26)12-5-18(25)23(10-12)15-7-13(20)6-14(21)8-15/h2-4,6-8,12,24H,5,9-10H2,1H3,(H,22,26)/t12-/m1/s1. The summed E-state index contributed by atoms with van der Waals surface area (Å²) >= 11 is 0. The Labute approximate surface area is 154 Å². The molecule has 0 unspecified atom stereocenters. The Balaban J connectivity index is 1.64. The number of benzene rings is 2. The molecule has 1 saturated heterocycles. The molecule has 6 nitrogen and oxygen atoms in total. The summed E-state index contributed by atoms with van der Waals surface area (Å²) in [6.07, 6.45) is -0.0388. The summed E-state index contributed by atoms with van der Waals surface area (Å²) in [5, 5.41) is 12.3. The summed E-state index contributed by atoms with van der Waals surface area (Å²) < 4.78 is 31.8. The number of hydrogen-bond donors (Lipinski definition) is 2. The number of phenols is 1. The summed E-state index contributed by atoms with van der Waals surface area (Å²) in [4.78, 5) is 25.8. The number of amides is 2. The fraction of sp³-hybridized carbons (Fsp3) is 0.263. The number of carbonyl (C=O) groups is 2. The third kappa shape index (κ3) is 4.16. The minimum atomic E-state index is -0.785. The summed E-state index contributed by atoms with van der Waals surface area (Å²) in [5.74, 6) is -2.62. The third-order valence-corrected chi connectivity index (χ3v) is 4.37. The van der Waals surface area contributed by atoms with Crippen LogP contribution in [-0.4, -0.2) is 30.6 Å². The predicted octanol–water partition coefficient (Wildman–Crippen LogP) is 2.35. The van der Waals surface area contributed by atoms with Crippen molar-refractivity contribution in [1.82, 2.24) is 5.32 Å². The van der Waals surface area contributed by atoms with Crippen molar-refractivity contribution in [2.45, 2.75) is 13.0 Å². The number of aromatic hydroxyl groups is 1. The summed E-state index contributed by atoms with van der Waals surface area (Å²) in [5.41, 5.74) is 0.808. The largest absolute Gasteiger partial charge is 0.504 e. The molecule has 0 radical (unpaired) electrons. The van der Waals surface area contributed by atoms with Crippen LogP contribution in [0, 0.1) is 17.6 Å². The van der Waals surface area contributed by atoms with Gasteiger partial charge >= 0.3 is 0 Å². The van der Waals surface area contributed by atoms with E-state index in [-0.39, 0.29) is 48.5 Å². The van der Waals surface area contributed by atoms with Crippen molar-refractivity contribution in [3.8, 4) is 11.5 Å². The molecule has 1 aliphatic rings. The lowest BCUT2D eigenvalue weighted by molar-refractivity contribution is -0.126. The number of anilines is 1. The first-order valence-electron chi connectivity index (χ1n) is 8.27. The fourth-order valence-electron chi connectivity index (χ4n) is 2.99. The van der Waals surface area contributed by atoms with E-state index in [9.17, 15) is 23.5 Å². The van der Waals surface area contributed by atoms with E-state index in [4.69, 9.17) is 4.74 Å². The minimum absolute atomic E-state index is 0.00747. The second-order valence-electron chi connectivity index (χ2n) is 6.26. The van der Waals surface area contributed by atoms with Crippen LogP contribution in [0.25, 0.3) is 0 Å². The average molecular weight is 376 g/mol. The van der Waals surface area contributed by atoms with Crippen molar-refractivity contribution < 1.29 is 28.2 Å². The molecule has 142 valence electrons. The van der Waals surface area contributed by atoms with Gasteiger partial charge in [0.1, 0.15) is 11.6 Å². The van der Waals surface area contributed by atoms with Gasteiger partial charge in [0.05, 0.1) is 13.0 Å². The first-order chi connectivity index (χ1) is 12.9. The molecule has 2 N–H and O–H groups in total. The van der Waals surface area contributed by atoms with E-state index < -0.39 is 17.6 Å². The van der Waals surface area contributed by atoms with Crippen molar-refractivity contribution in [3.63, 3.8) is 0 Å². The van der Waals surface area contributed by atoms with Gasteiger partial charge in [-0.3, -0.25) is 9.59 Å². The van der Waals surface area contributed by atoms with Crippen LogP contribution in [0.3, 0.4) is 0 Å². The Morgan fingerprint density at radius 2 is 1.96 bits per heavy atom. The summed E-state index contributed by atoms with van der Waals surface area (Å²) in [6, 6.07) is 7.53. The van der Waals surface area contributed by atoms with E-state index in [1.165, 1.54) is 18.1 Å². The van der Waals surface area contributed by atoms with Crippen LogP contribution in [-0.2, 0) is 16.1 Å². The Bertz CT molecular complexity index is 868. The lowest BCUT2D eigenvalue weighted by Gasteiger charge is -2.17. The average Bonchev–Trinajstić information content (AvgIpc) is 3.02. The van der Waals surface area contributed by atoms with E-state index in [1.54, 1.807) is 12.1 Å². The highest BCUT2D eigenvalue weighted by Crippen LogP contribution is 2.28. The number of hydrogen-bond acceptors (Lipinski definition) is 4. The molecule has 1 fully saturated rings. The number of rotatable bonds is 5. The highest BCUT2D eigenvalue weighted by molar-refractivity contribution is 6.00. The van der Waals surface area contributed by atoms with Gasteiger partial charge < -0.3 is 20.1 Å². The zero-order valence-corrected chi connectivity index (χ0v) is 14.5. The molecular weight excluding hydrogens is 358 g/mol. The van der Waals surface area contributed by atoms with E-state index in [0.717, 1.165) is 18.2 Å². The number of nitrogens with one attached hydrogen (secondary N) is 1. The van der Waals surface area contributed by atoms with Gasteiger partial charge in [0, 0.05) is 31.3 Å². The lowest BCUT2D eigenvalue weighted by atomic mass is 10.1. The maximum atomic E-state index is 13.4. The summed E-state index contributed by atoms with van der Waals surface area (Å²) in [7, 11) is 1.42. The van der Waals surface area contributed by atoms with Gasteiger partial charge in [-0.05, 0) is 29.8 Å². The SMILES string of the molecule is COc1cc(CNC(=O)[C@@H]2CC(=O)N(c3cc(F)cc(F)c3)C2)ccc1O. The van der Waals surface area contributed by atoms with Crippen LogP contribution in [0.1, 0.15) is 12.0 Å². The molecule has 0 bridgehead atoms. The molecule has 2 aromatic carbocycles. The second-order valence-corrected chi connectivity index (χ2v) is 6.26. The molecule has 0 aromatic heterocycles. The van der Waals surface area contributed by atoms with Crippen molar-refractivity contribution in [3.05, 3.63) is 53.6 Å². The number of phenolic OH excluding ortho intramolecular Hbond substituents is 1. The third-order valence-electron chi connectivity index (χ3n) is 4.37. The van der Waals surface area contributed by atoms with E-state index in [0.29, 0.717) is 5.56 Å². The highest BCUT2D eigenvalue weighted by atomic mass is 19.1. The van der Waals surface area contributed by atoms with Crippen LogP contribution in [0.15, 0.2) is 36.4 Å². The molecule has 2 aromatic rings. The van der Waals surface area contributed by atoms with Gasteiger partial charge in [-0.2, -0.15) is 0 Å². The van der Waals surface area contributed by atoms with Gasteiger partial charge in [0.25, 0.3) is 0 Å². The fourth-order valence-corrected chi connectivity index (χ4v) is 2.99. The van der Waals surface area contributed by atoms with Crippen molar-refractivity contribution in [1.29, 1.82) is 0 Å². The van der Waals surface area contributed by atoms with E-state index >= 15 is 0 Å². The van der Waals surface area contributed by atoms with Crippen molar-refractivity contribution in [2.75, 3.05) is 18.6 Å². The molecule has 8 heteroatoms. The molecule has 1 atom stereocenters. The Hall–Kier alpha value is -3.16. The van der Waals surface area contributed by atoms with Crippen molar-refractivity contribution >= 4 is 17.5 Å². The normalized spacial score (nSPS) is 16.5. The van der Waals surface area contributed by atoms with Gasteiger partial charge in [-0.25, -0.2) is 8.78 Å².